The van der Waals surface area contributed by atoms with Gasteiger partial charge in [0.2, 0.25) is 15.9 Å². The number of aliphatic imine (C=N–C) groups is 1. The van der Waals surface area contributed by atoms with Gasteiger partial charge >= 0.3 is 0 Å². The fourth-order valence-corrected chi connectivity index (χ4v) is 6.72. The highest BCUT2D eigenvalue weighted by molar-refractivity contribution is 7.89. The number of amides is 1. The van der Waals surface area contributed by atoms with E-state index >= 15 is 0 Å². The van der Waals surface area contributed by atoms with Crippen LogP contribution >= 0.6 is 24.0 Å². The van der Waals surface area contributed by atoms with Gasteiger partial charge in [-0.2, -0.15) is 4.31 Å². The first-order valence-electron chi connectivity index (χ1n) is 11.9. The zero-order chi connectivity index (χ0) is 23.7. The number of carbonyl (C=O) groups is 1. The number of guanidine groups is 1. The zero-order valence-corrected chi connectivity index (χ0v) is 21.8. The van der Waals surface area contributed by atoms with E-state index in [2.05, 4.69) is 15.6 Å². The van der Waals surface area contributed by atoms with Gasteiger partial charge in [-0.25, -0.2) is 8.42 Å². The summed E-state index contributed by atoms with van der Waals surface area (Å²) in [4.78, 5) is 19.6. The van der Waals surface area contributed by atoms with Gasteiger partial charge in [-0.1, -0.05) is 23.7 Å². The SMILES string of the molecule is Cl.O=C(C1CCC(NC2=NCCN2)CC1)N1CCN(S(=O)(=O)c2ccc3cc(Cl)ccc3c2)CC1. The second-order valence-electron chi connectivity index (χ2n) is 9.23. The van der Waals surface area contributed by atoms with E-state index < -0.39 is 10.0 Å². The summed E-state index contributed by atoms with van der Waals surface area (Å²) in [5, 5.41) is 9.03. The van der Waals surface area contributed by atoms with Crippen molar-refractivity contribution < 1.29 is 13.2 Å². The summed E-state index contributed by atoms with van der Waals surface area (Å²) in [5.41, 5.74) is 0. The zero-order valence-electron chi connectivity index (χ0n) is 19.5. The topological polar surface area (TPSA) is 94.1 Å². The van der Waals surface area contributed by atoms with E-state index in [4.69, 9.17) is 11.6 Å². The van der Waals surface area contributed by atoms with Gasteiger partial charge in [0.25, 0.3) is 0 Å². The first-order chi connectivity index (χ1) is 16.4. The number of fused-ring (bicyclic) bond motifs is 1. The van der Waals surface area contributed by atoms with Crippen molar-refractivity contribution in [3.63, 3.8) is 0 Å². The number of nitrogens with one attached hydrogen (secondary N) is 2. The normalized spacial score (nSPS) is 23.3. The highest BCUT2D eigenvalue weighted by Crippen LogP contribution is 2.28. The number of halogens is 2. The van der Waals surface area contributed by atoms with E-state index in [1.165, 1.54) is 4.31 Å². The Balaban J connectivity index is 0.00000289. The van der Waals surface area contributed by atoms with E-state index in [0.717, 1.165) is 55.5 Å². The molecule has 2 aliphatic heterocycles. The Morgan fingerprint density at radius 3 is 2.37 bits per heavy atom. The van der Waals surface area contributed by atoms with Crippen LogP contribution in [0.25, 0.3) is 10.8 Å². The maximum Gasteiger partial charge on any atom is 0.243 e. The number of carbonyl (C=O) groups excluding carboxylic acids is 1. The summed E-state index contributed by atoms with van der Waals surface area (Å²) < 4.78 is 27.9. The largest absolute Gasteiger partial charge is 0.355 e. The van der Waals surface area contributed by atoms with Crippen molar-refractivity contribution in [2.45, 2.75) is 36.6 Å². The maximum atomic E-state index is 13.2. The van der Waals surface area contributed by atoms with E-state index in [0.29, 0.717) is 37.2 Å². The molecule has 0 atom stereocenters. The minimum Gasteiger partial charge on any atom is -0.355 e. The number of benzene rings is 2. The molecule has 3 aliphatic rings. The molecule has 1 saturated carbocycles. The molecule has 2 fully saturated rings. The highest BCUT2D eigenvalue weighted by Gasteiger charge is 2.34. The van der Waals surface area contributed by atoms with Gasteiger partial charge in [0.1, 0.15) is 0 Å². The molecule has 0 bridgehead atoms. The van der Waals surface area contributed by atoms with Gasteiger partial charge in [-0.05, 0) is 60.7 Å². The Bertz CT molecular complexity index is 1210. The molecule has 2 aromatic carbocycles. The number of nitrogens with zero attached hydrogens (tertiary/aromatic N) is 3. The monoisotopic (exact) mass is 539 g/mol. The third-order valence-corrected chi connectivity index (χ3v) is 9.18. The highest BCUT2D eigenvalue weighted by atomic mass is 35.5. The quantitative estimate of drug-likeness (QED) is 0.622. The van der Waals surface area contributed by atoms with E-state index in [1.54, 1.807) is 24.3 Å². The van der Waals surface area contributed by atoms with Crippen molar-refractivity contribution in [2.75, 3.05) is 39.3 Å². The minimum atomic E-state index is -3.62. The molecule has 35 heavy (non-hydrogen) atoms. The molecule has 2 aromatic rings. The summed E-state index contributed by atoms with van der Waals surface area (Å²) in [5.74, 6) is 1.06. The summed E-state index contributed by atoms with van der Waals surface area (Å²) in [7, 11) is -3.62. The van der Waals surface area contributed by atoms with Crippen LogP contribution in [0.15, 0.2) is 46.3 Å². The van der Waals surface area contributed by atoms with Crippen LogP contribution in [0.5, 0.6) is 0 Å². The number of rotatable bonds is 4. The summed E-state index contributed by atoms with van der Waals surface area (Å²) in [6.07, 6.45) is 3.59. The fraction of sp³-hybridized carbons (Fsp3) is 0.500. The molecule has 1 saturated heterocycles. The van der Waals surface area contributed by atoms with E-state index in [-0.39, 0.29) is 29.1 Å². The third kappa shape index (κ3) is 5.69. The molecule has 190 valence electrons. The first-order valence-corrected chi connectivity index (χ1v) is 13.7. The molecule has 5 rings (SSSR count). The fourth-order valence-electron chi connectivity index (χ4n) is 5.08. The lowest BCUT2D eigenvalue weighted by Gasteiger charge is -2.37. The number of hydrogen-bond acceptors (Lipinski definition) is 6. The van der Waals surface area contributed by atoms with Crippen LogP contribution in [0, 0.1) is 5.92 Å². The predicted octanol–water partition coefficient (Wildman–Crippen LogP) is 2.86. The summed E-state index contributed by atoms with van der Waals surface area (Å²) in [6.45, 7) is 3.19. The molecule has 2 N–H and O–H groups in total. The molecule has 1 aliphatic carbocycles. The Kier molecular flexibility index (Phi) is 8.10. The second-order valence-corrected chi connectivity index (χ2v) is 11.6. The summed E-state index contributed by atoms with van der Waals surface area (Å²) >= 11 is 6.04. The van der Waals surface area contributed by atoms with Crippen molar-refractivity contribution >= 4 is 56.7 Å². The molecule has 11 heteroatoms. The van der Waals surface area contributed by atoms with Gasteiger partial charge in [0.05, 0.1) is 11.4 Å². The molecule has 2 heterocycles. The Hall–Kier alpha value is -2.07. The van der Waals surface area contributed by atoms with Crippen molar-refractivity contribution in [3.8, 4) is 0 Å². The molecule has 0 unspecified atom stereocenters. The van der Waals surface area contributed by atoms with Gasteiger partial charge in [0, 0.05) is 49.7 Å². The van der Waals surface area contributed by atoms with Crippen LogP contribution in [-0.4, -0.2) is 74.8 Å². The van der Waals surface area contributed by atoms with Crippen LogP contribution < -0.4 is 10.6 Å². The van der Waals surface area contributed by atoms with E-state index in [1.807, 2.05) is 17.0 Å². The van der Waals surface area contributed by atoms with Gasteiger partial charge < -0.3 is 15.5 Å². The lowest BCUT2D eigenvalue weighted by atomic mass is 9.85. The molecular formula is C24H31Cl2N5O3S. The van der Waals surface area contributed by atoms with E-state index in [9.17, 15) is 13.2 Å². The van der Waals surface area contributed by atoms with Crippen LogP contribution in [-0.2, 0) is 14.8 Å². The van der Waals surface area contributed by atoms with Gasteiger partial charge in [0.15, 0.2) is 5.96 Å². The van der Waals surface area contributed by atoms with Crippen LogP contribution in [0.4, 0.5) is 0 Å². The minimum absolute atomic E-state index is 0. The maximum absolute atomic E-state index is 13.2. The summed E-state index contributed by atoms with van der Waals surface area (Å²) in [6, 6.07) is 10.9. The number of hydrogen-bond donors (Lipinski definition) is 2. The smallest absolute Gasteiger partial charge is 0.243 e. The average Bonchev–Trinajstić information content (AvgIpc) is 3.37. The van der Waals surface area contributed by atoms with Crippen molar-refractivity contribution in [1.82, 2.24) is 19.8 Å². The standard InChI is InChI=1S/C24H30ClN5O3S.ClH/c25-20-5-1-19-16-22(8-4-18(19)15-20)34(32,33)30-13-11-29(12-14-30)23(31)17-2-6-21(7-3-17)28-24-26-9-10-27-24;/h1,4-5,8,15-17,21H,2-3,6-7,9-14H2,(H2,26,27,28);1H. The van der Waals surface area contributed by atoms with Crippen LogP contribution in [0.1, 0.15) is 25.7 Å². The van der Waals surface area contributed by atoms with Crippen molar-refractivity contribution in [1.29, 1.82) is 0 Å². The lowest BCUT2D eigenvalue weighted by molar-refractivity contribution is -0.137. The van der Waals surface area contributed by atoms with Crippen molar-refractivity contribution in [2.24, 2.45) is 10.9 Å². The average molecular weight is 541 g/mol. The molecule has 0 spiro atoms. The van der Waals surface area contributed by atoms with Gasteiger partial charge in [-0.3, -0.25) is 9.79 Å². The molecule has 8 nitrogen and oxygen atoms in total. The third-order valence-electron chi connectivity index (χ3n) is 7.05. The predicted molar refractivity (Wildman–Crippen MR) is 141 cm³/mol. The second kappa shape index (κ2) is 10.9. The molecular weight excluding hydrogens is 509 g/mol. The molecule has 0 aromatic heterocycles. The van der Waals surface area contributed by atoms with Crippen LogP contribution in [0.2, 0.25) is 5.02 Å². The number of piperazine rings is 1. The molecule has 0 radical (unpaired) electrons. The Morgan fingerprint density at radius 2 is 1.69 bits per heavy atom. The lowest BCUT2D eigenvalue weighted by Crippen LogP contribution is -2.52. The molecule has 1 amide bonds. The van der Waals surface area contributed by atoms with Gasteiger partial charge in [-0.15, -0.1) is 12.4 Å². The Morgan fingerprint density at radius 1 is 1.00 bits per heavy atom. The number of sulfonamides is 1. The Labute approximate surface area is 217 Å². The van der Waals surface area contributed by atoms with Crippen molar-refractivity contribution in [3.05, 3.63) is 41.4 Å². The first kappa shape index (κ1) is 26.0. The van der Waals surface area contributed by atoms with Crippen LogP contribution in [0.3, 0.4) is 0 Å².